The number of aromatic nitrogens is 2. The van der Waals surface area contributed by atoms with Crippen molar-refractivity contribution in [2.75, 3.05) is 23.5 Å². The second-order valence-corrected chi connectivity index (χ2v) is 8.90. The first-order chi connectivity index (χ1) is 16.1. The lowest BCUT2D eigenvalue weighted by Gasteiger charge is -2.28. The second-order valence-electron chi connectivity index (χ2n) is 7.58. The van der Waals surface area contributed by atoms with Crippen LogP contribution in [0.5, 0.6) is 5.75 Å². The van der Waals surface area contributed by atoms with Gasteiger partial charge in [-0.25, -0.2) is 15.0 Å². The van der Waals surface area contributed by atoms with Gasteiger partial charge in [-0.1, -0.05) is 11.6 Å². The van der Waals surface area contributed by atoms with Gasteiger partial charge in [-0.3, -0.25) is 0 Å². The maximum absolute atomic E-state index is 14.0. The first-order valence-corrected chi connectivity index (χ1v) is 11.2. The van der Waals surface area contributed by atoms with Crippen molar-refractivity contribution in [2.24, 2.45) is 4.99 Å². The molecule has 34 heavy (non-hydrogen) atoms. The molecule has 0 aliphatic carbocycles. The SMILES string of the molecule is Cc1cc(N)nc(-c2cc3c4c(c2Cl)NCN=C4N(Cc2scnc2N)C=CO3)c1C(F)(F)F. The van der Waals surface area contributed by atoms with E-state index in [-0.39, 0.29) is 40.1 Å². The normalized spacial score (nSPS) is 14.7. The van der Waals surface area contributed by atoms with Crippen LogP contribution in [0.25, 0.3) is 11.3 Å². The number of halogens is 4. The maximum Gasteiger partial charge on any atom is 0.418 e. The van der Waals surface area contributed by atoms with Gasteiger partial charge in [-0.15, -0.1) is 11.3 Å². The average molecular weight is 508 g/mol. The minimum absolute atomic E-state index is 0.0421. The Morgan fingerprint density at radius 1 is 1.29 bits per heavy atom. The van der Waals surface area contributed by atoms with Crippen LogP contribution >= 0.6 is 22.9 Å². The summed E-state index contributed by atoms with van der Waals surface area (Å²) in [5.41, 5.74) is 13.0. The monoisotopic (exact) mass is 507 g/mol. The number of thiazole rings is 1. The summed E-state index contributed by atoms with van der Waals surface area (Å²) in [5.74, 6) is 1.16. The molecular weight excluding hydrogens is 491 g/mol. The number of nitrogen functional groups attached to an aromatic ring is 2. The number of ether oxygens (including phenoxy) is 1. The Labute approximate surface area is 200 Å². The van der Waals surface area contributed by atoms with Crippen LogP contribution in [0, 0.1) is 6.92 Å². The van der Waals surface area contributed by atoms with Crippen LogP contribution in [0.3, 0.4) is 0 Å². The predicted octanol–water partition coefficient (Wildman–Crippen LogP) is 4.85. The highest BCUT2D eigenvalue weighted by atomic mass is 35.5. The van der Waals surface area contributed by atoms with Crippen molar-refractivity contribution in [3.8, 4) is 17.0 Å². The zero-order chi connectivity index (χ0) is 24.2. The van der Waals surface area contributed by atoms with Gasteiger partial charge in [0.05, 0.1) is 44.5 Å². The van der Waals surface area contributed by atoms with Crippen LogP contribution in [-0.2, 0) is 12.7 Å². The van der Waals surface area contributed by atoms with E-state index in [1.54, 1.807) is 11.7 Å². The molecule has 0 atom stereocenters. The molecule has 176 valence electrons. The van der Waals surface area contributed by atoms with Crippen molar-refractivity contribution in [1.29, 1.82) is 0 Å². The van der Waals surface area contributed by atoms with Crippen molar-refractivity contribution in [3.63, 3.8) is 0 Å². The van der Waals surface area contributed by atoms with Crippen molar-refractivity contribution < 1.29 is 17.9 Å². The van der Waals surface area contributed by atoms with Gasteiger partial charge in [-0.05, 0) is 24.6 Å². The third kappa shape index (κ3) is 3.68. The number of hydrogen-bond donors (Lipinski definition) is 3. The summed E-state index contributed by atoms with van der Waals surface area (Å²) >= 11 is 8.09. The molecule has 5 N–H and O–H groups in total. The summed E-state index contributed by atoms with van der Waals surface area (Å²) in [5, 5.41) is 3.11. The van der Waals surface area contributed by atoms with Crippen LogP contribution in [0.2, 0.25) is 5.02 Å². The highest BCUT2D eigenvalue weighted by molar-refractivity contribution is 7.10. The van der Waals surface area contributed by atoms with Gasteiger partial charge in [0.15, 0.2) is 0 Å². The number of pyridine rings is 1. The molecule has 0 fully saturated rings. The van der Waals surface area contributed by atoms with Crippen molar-refractivity contribution in [1.82, 2.24) is 14.9 Å². The molecule has 0 saturated heterocycles. The van der Waals surface area contributed by atoms with Gasteiger partial charge in [0, 0.05) is 11.8 Å². The number of nitrogens with two attached hydrogens (primary N) is 2. The third-order valence-corrected chi connectivity index (χ3v) is 6.63. The van der Waals surface area contributed by atoms with Crippen LogP contribution in [-0.4, -0.2) is 27.4 Å². The highest BCUT2D eigenvalue weighted by Gasteiger charge is 2.38. The quantitative estimate of drug-likeness (QED) is 0.464. The summed E-state index contributed by atoms with van der Waals surface area (Å²) < 4.78 is 47.7. The molecule has 2 aliphatic rings. The Morgan fingerprint density at radius 2 is 2.09 bits per heavy atom. The number of hydrogen-bond acceptors (Lipinski definition) is 9. The first-order valence-electron chi connectivity index (χ1n) is 9.92. The summed E-state index contributed by atoms with van der Waals surface area (Å²) in [6.45, 7) is 1.86. The predicted molar refractivity (Wildman–Crippen MR) is 126 cm³/mol. The van der Waals surface area contributed by atoms with Gasteiger partial charge >= 0.3 is 6.18 Å². The summed E-state index contributed by atoms with van der Waals surface area (Å²) in [6.07, 6.45) is -1.57. The molecule has 1 aromatic carbocycles. The van der Waals surface area contributed by atoms with Crippen LogP contribution in [0.15, 0.2) is 35.1 Å². The van der Waals surface area contributed by atoms with Crippen molar-refractivity contribution in [3.05, 3.63) is 56.7 Å². The van der Waals surface area contributed by atoms with Crippen LogP contribution < -0.4 is 21.5 Å². The van der Waals surface area contributed by atoms with Gasteiger partial charge < -0.3 is 26.4 Å². The van der Waals surface area contributed by atoms with Crippen LogP contribution in [0.4, 0.5) is 30.5 Å². The standard InChI is InChI=1S/C21H17ClF3N7OS/c1-9-4-13(26)31-17(15(9)21(23,24)25)10-5-11-14-18(16(10)22)28-7-29-20(14)32(2-3-33-11)6-12-19(27)30-8-34-12/h2-5,8,28H,6-7,27H2,1H3,(H2,26,31). The van der Waals surface area contributed by atoms with E-state index >= 15 is 0 Å². The molecule has 2 aliphatic heterocycles. The van der Waals surface area contributed by atoms with Gasteiger partial charge in [0.25, 0.3) is 0 Å². The number of amidine groups is 1. The lowest BCUT2D eigenvalue weighted by Crippen LogP contribution is -2.30. The molecule has 4 heterocycles. The molecule has 2 aromatic heterocycles. The number of nitrogens with zero attached hydrogens (tertiary/aromatic N) is 4. The minimum Gasteiger partial charge on any atom is -0.463 e. The fourth-order valence-electron chi connectivity index (χ4n) is 3.97. The van der Waals surface area contributed by atoms with Crippen LogP contribution in [0.1, 0.15) is 21.6 Å². The Morgan fingerprint density at radius 3 is 2.79 bits per heavy atom. The lowest BCUT2D eigenvalue weighted by atomic mass is 9.97. The third-order valence-electron chi connectivity index (χ3n) is 5.41. The molecule has 0 spiro atoms. The first kappa shape index (κ1) is 22.3. The maximum atomic E-state index is 14.0. The van der Waals surface area contributed by atoms with E-state index in [1.165, 1.54) is 36.7 Å². The van der Waals surface area contributed by atoms with E-state index in [9.17, 15) is 13.2 Å². The zero-order valence-corrected chi connectivity index (χ0v) is 19.1. The molecule has 8 nitrogen and oxygen atoms in total. The summed E-state index contributed by atoms with van der Waals surface area (Å²) in [6, 6.07) is 2.61. The number of benzene rings is 1. The van der Waals surface area contributed by atoms with E-state index in [0.29, 0.717) is 29.4 Å². The highest BCUT2D eigenvalue weighted by Crippen LogP contribution is 2.47. The van der Waals surface area contributed by atoms with E-state index in [1.807, 2.05) is 4.90 Å². The largest absolute Gasteiger partial charge is 0.463 e. The minimum atomic E-state index is -4.67. The molecular formula is C21H17ClF3N7OS. The van der Waals surface area contributed by atoms with E-state index in [0.717, 1.165) is 4.88 Å². The van der Waals surface area contributed by atoms with Crippen molar-refractivity contribution in [2.45, 2.75) is 19.6 Å². The molecule has 0 radical (unpaired) electrons. The average Bonchev–Trinajstić information content (AvgIpc) is 3.07. The number of aliphatic imine (C=N–C) groups is 1. The fraction of sp³-hybridized carbons (Fsp3) is 0.190. The Kier molecular flexibility index (Phi) is 5.29. The number of rotatable bonds is 3. The number of nitrogens with one attached hydrogen (secondary N) is 1. The van der Waals surface area contributed by atoms with E-state index < -0.39 is 11.7 Å². The lowest BCUT2D eigenvalue weighted by molar-refractivity contribution is -0.137. The van der Waals surface area contributed by atoms with Gasteiger partial charge in [0.2, 0.25) is 0 Å². The zero-order valence-electron chi connectivity index (χ0n) is 17.6. The van der Waals surface area contributed by atoms with Gasteiger partial charge in [-0.2, -0.15) is 13.2 Å². The molecule has 0 amide bonds. The second kappa shape index (κ2) is 8.06. The van der Waals surface area contributed by atoms with E-state index in [4.69, 9.17) is 27.8 Å². The topological polar surface area (TPSA) is 115 Å². The smallest absolute Gasteiger partial charge is 0.418 e. The molecule has 0 unspecified atom stereocenters. The van der Waals surface area contributed by atoms with Gasteiger partial charge in [0.1, 0.15) is 36.2 Å². The summed E-state index contributed by atoms with van der Waals surface area (Å²) in [4.78, 5) is 15.3. The fourth-order valence-corrected chi connectivity index (χ4v) is 4.96. The molecule has 0 saturated carbocycles. The molecule has 0 bridgehead atoms. The van der Waals surface area contributed by atoms with Crippen molar-refractivity contribution >= 4 is 46.1 Å². The molecule has 13 heteroatoms. The number of anilines is 3. The Hall–Kier alpha value is -3.51. The molecule has 3 aromatic rings. The Balaban J connectivity index is 1.68. The Bertz CT molecular complexity index is 1370. The summed E-state index contributed by atoms with van der Waals surface area (Å²) in [7, 11) is 0. The molecule has 5 rings (SSSR count). The number of aryl methyl sites for hydroxylation is 1. The van der Waals surface area contributed by atoms with E-state index in [2.05, 4.69) is 20.3 Å². The number of alkyl halides is 3.